The first kappa shape index (κ1) is 22.5. The van der Waals surface area contributed by atoms with Crippen LogP contribution in [0.15, 0.2) is 41.8 Å². The minimum Gasteiger partial charge on any atom is -0.324 e. The van der Waals surface area contributed by atoms with Gasteiger partial charge in [-0.05, 0) is 31.5 Å². The molecule has 11 heteroatoms. The van der Waals surface area contributed by atoms with Crippen LogP contribution in [0.4, 0.5) is 9.93 Å². The van der Waals surface area contributed by atoms with E-state index in [2.05, 4.69) is 15.3 Å². The number of thiazole rings is 1. The minimum atomic E-state index is -3.45. The molecule has 0 saturated carbocycles. The summed E-state index contributed by atoms with van der Waals surface area (Å²) < 4.78 is 26.1. The lowest BCUT2D eigenvalue weighted by molar-refractivity contribution is 0.215. The number of hydrogen-bond donors (Lipinski definition) is 1. The Hall–Kier alpha value is -3.23. The summed E-state index contributed by atoms with van der Waals surface area (Å²) in [7, 11) is -3.45. The van der Waals surface area contributed by atoms with Crippen LogP contribution in [-0.2, 0) is 9.84 Å². The van der Waals surface area contributed by atoms with Gasteiger partial charge in [0.2, 0.25) is 0 Å². The monoisotopic (exact) mass is 458 g/mol. The number of hydrogen-bond acceptors (Lipinski definition) is 7. The normalized spacial score (nSPS) is 11.2. The zero-order valence-corrected chi connectivity index (χ0v) is 19.0. The second-order valence-corrected chi connectivity index (χ2v) is 9.76. The predicted octanol–water partition coefficient (Wildman–Crippen LogP) is 3.48. The van der Waals surface area contributed by atoms with Crippen molar-refractivity contribution in [2.75, 3.05) is 24.7 Å². The Kier molecular flexibility index (Phi) is 6.72. The molecule has 3 aromatic rings. The van der Waals surface area contributed by atoms with Crippen molar-refractivity contribution in [2.45, 2.75) is 25.2 Å². The predicted molar refractivity (Wildman–Crippen MR) is 119 cm³/mol. The number of carbonyl (C=O) groups is 1. The van der Waals surface area contributed by atoms with Crippen LogP contribution < -0.4 is 5.32 Å². The molecule has 0 saturated heterocycles. The summed E-state index contributed by atoms with van der Waals surface area (Å²) >= 11 is 1.30. The number of aryl methyl sites for hydroxylation is 1. The molecule has 0 aliphatic rings. The van der Waals surface area contributed by atoms with Crippen molar-refractivity contribution in [3.05, 3.63) is 42.6 Å². The number of aromatic nitrogens is 3. The van der Waals surface area contributed by atoms with Gasteiger partial charge in [-0.25, -0.2) is 23.2 Å². The number of carbonyl (C=O) groups excluding carboxylic acids is 1. The van der Waals surface area contributed by atoms with E-state index in [1.165, 1.54) is 22.5 Å². The van der Waals surface area contributed by atoms with Crippen LogP contribution in [0.1, 0.15) is 19.0 Å². The molecule has 31 heavy (non-hydrogen) atoms. The lowest BCUT2D eigenvalue weighted by Gasteiger charge is -2.18. The van der Waals surface area contributed by atoms with Crippen LogP contribution in [0.3, 0.4) is 0 Å². The van der Waals surface area contributed by atoms with Gasteiger partial charge in [-0.15, -0.1) is 0 Å². The van der Waals surface area contributed by atoms with E-state index in [-0.39, 0.29) is 17.3 Å². The van der Waals surface area contributed by atoms with E-state index < -0.39 is 9.84 Å². The minimum absolute atomic E-state index is 0.195. The molecule has 2 amide bonds. The lowest BCUT2D eigenvalue weighted by Crippen LogP contribution is -2.35. The first-order valence-corrected chi connectivity index (χ1v) is 12.2. The van der Waals surface area contributed by atoms with Gasteiger partial charge in [-0.3, -0.25) is 5.32 Å². The molecule has 3 rings (SSSR count). The first-order chi connectivity index (χ1) is 14.7. The van der Waals surface area contributed by atoms with E-state index in [0.29, 0.717) is 29.6 Å². The fourth-order valence-corrected chi connectivity index (χ4v) is 4.86. The van der Waals surface area contributed by atoms with Gasteiger partial charge in [-0.1, -0.05) is 17.4 Å². The number of urea groups is 1. The van der Waals surface area contributed by atoms with Crippen LogP contribution in [0.25, 0.3) is 16.1 Å². The molecule has 2 aromatic heterocycles. The molecule has 0 aliphatic heterocycles. The molecule has 2 heterocycles. The third-order valence-corrected chi connectivity index (χ3v) is 6.84. The smallest absolute Gasteiger partial charge is 0.323 e. The molecule has 1 aromatic carbocycles. The summed E-state index contributed by atoms with van der Waals surface area (Å²) in [6.07, 6.45) is 6.22. The van der Waals surface area contributed by atoms with Gasteiger partial charge in [0, 0.05) is 31.7 Å². The zero-order chi connectivity index (χ0) is 22.6. The Labute approximate surface area is 184 Å². The molecule has 0 spiro atoms. The van der Waals surface area contributed by atoms with Crippen LogP contribution in [0, 0.1) is 18.3 Å². The van der Waals surface area contributed by atoms with Crippen molar-refractivity contribution in [2.24, 2.45) is 0 Å². The summed E-state index contributed by atoms with van der Waals surface area (Å²) in [6.45, 7) is 4.50. The van der Waals surface area contributed by atoms with Crippen molar-refractivity contribution in [3.8, 4) is 22.2 Å². The number of amides is 2. The molecule has 0 fully saturated rings. The van der Waals surface area contributed by atoms with Crippen LogP contribution >= 0.6 is 11.3 Å². The number of sulfone groups is 1. The van der Waals surface area contributed by atoms with Crippen molar-refractivity contribution < 1.29 is 13.2 Å². The molecule has 0 radical (unpaired) electrons. The molecule has 1 N–H and O–H groups in total. The highest BCUT2D eigenvalue weighted by Gasteiger charge is 2.19. The average molecular weight is 459 g/mol. The average Bonchev–Trinajstić information content (AvgIpc) is 3.37. The van der Waals surface area contributed by atoms with Gasteiger partial charge in [0.05, 0.1) is 40.0 Å². The molecule has 0 aliphatic carbocycles. The highest BCUT2D eigenvalue weighted by molar-refractivity contribution is 7.90. The third-order valence-electron chi connectivity index (χ3n) is 4.58. The van der Waals surface area contributed by atoms with Gasteiger partial charge >= 0.3 is 6.03 Å². The van der Waals surface area contributed by atoms with Crippen molar-refractivity contribution in [1.29, 1.82) is 5.26 Å². The second kappa shape index (κ2) is 9.28. The Bertz CT molecular complexity index is 1230. The number of benzene rings is 1. The van der Waals surface area contributed by atoms with Gasteiger partial charge < -0.3 is 9.47 Å². The largest absolute Gasteiger partial charge is 0.324 e. The fraction of sp³-hybridized carbons (Fsp3) is 0.300. The Morgan fingerprint density at radius 2 is 2.16 bits per heavy atom. The lowest BCUT2D eigenvalue weighted by atomic mass is 10.1. The number of imidazole rings is 1. The summed E-state index contributed by atoms with van der Waals surface area (Å²) in [5.41, 5.74) is 1.98. The maximum atomic E-state index is 12.5. The number of nitriles is 1. The molecule has 9 nitrogen and oxygen atoms in total. The summed E-state index contributed by atoms with van der Waals surface area (Å²) in [4.78, 5) is 23.5. The van der Waals surface area contributed by atoms with Crippen molar-refractivity contribution in [3.63, 3.8) is 0 Å². The Morgan fingerprint density at radius 1 is 1.39 bits per heavy atom. The number of nitrogens with zero attached hydrogens (tertiary/aromatic N) is 5. The molecular formula is C20H22N6O3S2. The van der Waals surface area contributed by atoms with E-state index in [1.807, 2.05) is 19.9 Å². The Balaban J connectivity index is 1.94. The number of rotatable bonds is 7. The van der Waals surface area contributed by atoms with E-state index in [1.54, 1.807) is 41.5 Å². The Morgan fingerprint density at radius 3 is 2.77 bits per heavy atom. The van der Waals surface area contributed by atoms with Gasteiger partial charge in [0.15, 0.2) is 15.0 Å². The molecule has 0 unspecified atom stereocenters. The highest BCUT2D eigenvalue weighted by Crippen LogP contribution is 2.35. The number of nitrogens with one attached hydrogen (secondary N) is 1. The van der Waals surface area contributed by atoms with Crippen LogP contribution in [0.2, 0.25) is 0 Å². The summed E-state index contributed by atoms with van der Waals surface area (Å²) in [5, 5.41) is 12.0. The number of anilines is 1. The molecular weight excluding hydrogens is 436 g/mol. The summed E-state index contributed by atoms with van der Waals surface area (Å²) in [6, 6.07) is 6.79. The standard InChI is InChI=1S/C20H22N6O3S2/c1-4-25(10-5-8-21)20(27)24-19-23-14(2)18(30-19)15-6-7-17(31(3,28)29)16(12-15)26-11-9-22-13-26/h6-7,9,11-13H,4-5,10H2,1-3H3,(H,23,24,27). The molecule has 162 valence electrons. The van der Waals surface area contributed by atoms with E-state index >= 15 is 0 Å². The van der Waals surface area contributed by atoms with Crippen LogP contribution in [-0.4, -0.2) is 53.2 Å². The quantitative estimate of drug-likeness (QED) is 0.579. The zero-order valence-electron chi connectivity index (χ0n) is 17.4. The topological polar surface area (TPSA) is 121 Å². The molecule has 0 atom stereocenters. The fourth-order valence-electron chi connectivity index (χ4n) is 3.05. The SMILES string of the molecule is CCN(CCC#N)C(=O)Nc1nc(C)c(-c2ccc(S(C)(=O)=O)c(-n3ccnc3)c2)s1. The van der Waals surface area contributed by atoms with Gasteiger partial charge in [0.25, 0.3) is 0 Å². The van der Waals surface area contributed by atoms with Crippen LogP contribution in [0.5, 0.6) is 0 Å². The van der Waals surface area contributed by atoms with Crippen molar-refractivity contribution in [1.82, 2.24) is 19.4 Å². The van der Waals surface area contributed by atoms with Gasteiger partial charge in [0.1, 0.15) is 0 Å². The molecule has 0 bridgehead atoms. The van der Waals surface area contributed by atoms with E-state index in [0.717, 1.165) is 10.4 Å². The third kappa shape index (κ3) is 5.10. The second-order valence-electron chi connectivity index (χ2n) is 6.78. The van der Waals surface area contributed by atoms with Gasteiger partial charge in [-0.2, -0.15) is 5.26 Å². The van der Waals surface area contributed by atoms with E-state index in [9.17, 15) is 13.2 Å². The first-order valence-electron chi connectivity index (χ1n) is 9.47. The highest BCUT2D eigenvalue weighted by atomic mass is 32.2. The summed E-state index contributed by atoms with van der Waals surface area (Å²) in [5.74, 6) is 0. The maximum Gasteiger partial charge on any atom is 0.323 e. The van der Waals surface area contributed by atoms with E-state index in [4.69, 9.17) is 5.26 Å². The van der Waals surface area contributed by atoms with Crippen molar-refractivity contribution >= 4 is 32.3 Å². The maximum absolute atomic E-state index is 12.5.